The highest BCUT2D eigenvalue weighted by Gasteiger charge is 2.32. The van der Waals surface area contributed by atoms with Crippen molar-refractivity contribution in [2.24, 2.45) is 0 Å². The summed E-state index contributed by atoms with van der Waals surface area (Å²) in [6.45, 7) is 7.63. The van der Waals surface area contributed by atoms with Crippen LogP contribution in [0.2, 0.25) is 0 Å². The van der Waals surface area contributed by atoms with Gasteiger partial charge in [-0.15, -0.1) is 0 Å². The van der Waals surface area contributed by atoms with E-state index in [4.69, 9.17) is 4.74 Å². The summed E-state index contributed by atoms with van der Waals surface area (Å²) in [5.74, 6) is 0. The van der Waals surface area contributed by atoms with Gasteiger partial charge >= 0.3 is 0 Å². The van der Waals surface area contributed by atoms with Crippen LogP contribution in [0.5, 0.6) is 0 Å². The van der Waals surface area contributed by atoms with Gasteiger partial charge in [-0.1, -0.05) is 6.92 Å². The van der Waals surface area contributed by atoms with Gasteiger partial charge < -0.3 is 10.1 Å². The van der Waals surface area contributed by atoms with E-state index in [0.29, 0.717) is 0 Å². The number of nitrogens with one attached hydrogen (secondary N) is 1. The Balaban J connectivity index is 1.70. The third-order valence-electron chi connectivity index (χ3n) is 3.85. The zero-order valence-corrected chi connectivity index (χ0v) is 10.6. The maximum atomic E-state index is 5.59. The van der Waals surface area contributed by atoms with Crippen LogP contribution in [0.4, 0.5) is 0 Å². The SMILES string of the molecule is CCCOCCN1CCCC1C1CCCN1. The average Bonchev–Trinajstić information content (AvgIpc) is 2.94. The van der Waals surface area contributed by atoms with E-state index in [-0.39, 0.29) is 0 Å². The van der Waals surface area contributed by atoms with Gasteiger partial charge in [0.1, 0.15) is 0 Å². The molecule has 0 amide bonds. The molecule has 2 unspecified atom stereocenters. The molecule has 3 heteroatoms. The van der Waals surface area contributed by atoms with Crippen LogP contribution in [0.25, 0.3) is 0 Å². The molecule has 0 aromatic heterocycles. The number of ether oxygens (including phenoxy) is 1. The number of likely N-dealkylation sites (tertiary alicyclic amines) is 1. The van der Waals surface area contributed by atoms with Crippen molar-refractivity contribution in [1.29, 1.82) is 0 Å². The van der Waals surface area contributed by atoms with Crippen LogP contribution in [-0.4, -0.2) is 49.8 Å². The van der Waals surface area contributed by atoms with Crippen molar-refractivity contribution in [2.45, 2.75) is 51.1 Å². The topological polar surface area (TPSA) is 24.5 Å². The fourth-order valence-electron chi connectivity index (χ4n) is 3.05. The standard InChI is InChI=1S/C13H26N2O/c1-2-10-16-11-9-15-8-4-6-13(15)12-5-3-7-14-12/h12-14H,2-11H2,1H3. The van der Waals surface area contributed by atoms with E-state index < -0.39 is 0 Å². The molecule has 2 rings (SSSR count). The molecule has 0 bridgehead atoms. The Morgan fingerprint density at radius 1 is 1.25 bits per heavy atom. The average molecular weight is 226 g/mol. The zero-order chi connectivity index (χ0) is 11.2. The zero-order valence-electron chi connectivity index (χ0n) is 10.6. The lowest BCUT2D eigenvalue weighted by atomic mass is 10.0. The summed E-state index contributed by atoms with van der Waals surface area (Å²) in [6, 6.07) is 1.54. The van der Waals surface area contributed by atoms with E-state index in [1.807, 2.05) is 0 Å². The van der Waals surface area contributed by atoms with Gasteiger partial charge in [0, 0.05) is 25.2 Å². The van der Waals surface area contributed by atoms with Gasteiger partial charge in [-0.3, -0.25) is 4.90 Å². The molecule has 3 nitrogen and oxygen atoms in total. The highest BCUT2D eigenvalue weighted by atomic mass is 16.5. The minimum atomic E-state index is 0.758. The third kappa shape index (κ3) is 3.19. The van der Waals surface area contributed by atoms with Crippen molar-refractivity contribution in [2.75, 3.05) is 32.8 Å². The molecule has 2 aliphatic rings. The largest absolute Gasteiger partial charge is 0.380 e. The van der Waals surface area contributed by atoms with Crippen molar-refractivity contribution < 1.29 is 4.74 Å². The van der Waals surface area contributed by atoms with Crippen LogP contribution in [0.1, 0.15) is 39.0 Å². The maximum absolute atomic E-state index is 5.59. The fourth-order valence-corrected chi connectivity index (χ4v) is 3.05. The van der Waals surface area contributed by atoms with E-state index in [1.165, 1.54) is 38.8 Å². The summed E-state index contributed by atoms with van der Waals surface area (Å²) in [6.07, 6.45) is 6.62. The Morgan fingerprint density at radius 2 is 2.19 bits per heavy atom. The van der Waals surface area contributed by atoms with Crippen LogP contribution in [0.3, 0.4) is 0 Å². The molecule has 2 aliphatic heterocycles. The molecule has 0 saturated carbocycles. The van der Waals surface area contributed by atoms with Gasteiger partial charge in [0.25, 0.3) is 0 Å². The summed E-state index contributed by atoms with van der Waals surface area (Å²) in [5, 5.41) is 3.65. The molecular formula is C13H26N2O. The van der Waals surface area contributed by atoms with Crippen LogP contribution in [0, 0.1) is 0 Å². The molecule has 0 spiro atoms. The van der Waals surface area contributed by atoms with Gasteiger partial charge in [0.2, 0.25) is 0 Å². The summed E-state index contributed by atoms with van der Waals surface area (Å²) < 4.78 is 5.59. The minimum Gasteiger partial charge on any atom is -0.380 e. The second-order valence-electron chi connectivity index (χ2n) is 5.06. The quantitative estimate of drug-likeness (QED) is 0.697. The van der Waals surface area contributed by atoms with Crippen molar-refractivity contribution in [3.05, 3.63) is 0 Å². The van der Waals surface area contributed by atoms with Crippen LogP contribution in [-0.2, 0) is 4.74 Å². The van der Waals surface area contributed by atoms with Gasteiger partial charge in [-0.05, 0) is 45.2 Å². The fraction of sp³-hybridized carbons (Fsp3) is 1.00. The Bertz CT molecular complexity index is 192. The summed E-state index contributed by atoms with van der Waals surface area (Å²) in [7, 11) is 0. The van der Waals surface area contributed by atoms with E-state index in [9.17, 15) is 0 Å². The van der Waals surface area contributed by atoms with E-state index in [2.05, 4.69) is 17.1 Å². The first kappa shape index (κ1) is 12.3. The number of rotatable bonds is 6. The van der Waals surface area contributed by atoms with E-state index in [0.717, 1.165) is 38.3 Å². The van der Waals surface area contributed by atoms with Crippen molar-refractivity contribution >= 4 is 0 Å². The molecule has 2 saturated heterocycles. The second kappa shape index (κ2) is 6.58. The Labute approximate surface area is 99.5 Å². The van der Waals surface area contributed by atoms with Crippen LogP contribution < -0.4 is 5.32 Å². The van der Waals surface area contributed by atoms with Crippen molar-refractivity contribution in [3.8, 4) is 0 Å². The monoisotopic (exact) mass is 226 g/mol. The molecular weight excluding hydrogens is 200 g/mol. The lowest BCUT2D eigenvalue weighted by molar-refractivity contribution is 0.0940. The van der Waals surface area contributed by atoms with Gasteiger partial charge in [-0.2, -0.15) is 0 Å². The van der Waals surface area contributed by atoms with E-state index in [1.54, 1.807) is 0 Å². The minimum absolute atomic E-state index is 0.758. The highest BCUT2D eigenvalue weighted by molar-refractivity contribution is 4.91. The second-order valence-corrected chi connectivity index (χ2v) is 5.06. The van der Waals surface area contributed by atoms with Gasteiger partial charge in [-0.25, -0.2) is 0 Å². The Morgan fingerprint density at radius 3 is 2.94 bits per heavy atom. The molecule has 2 heterocycles. The number of hydrogen-bond donors (Lipinski definition) is 1. The lowest BCUT2D eigenvalue weighted by Crippen LogP contribution is -2.45. The van der Waals surface area contributed by atoms with Crippen LogP contribution in [0.15, 0.2) is 0 Å². The first-order valence-electron chi connectivity index (χ1n) is 6.97. The smallest absolute Gasteiger partial charge is 0.0593 e. The molecule has 0 aliphatic carbocycles. The Kier molecular flexibility index (Phi) is 5.07. The molecule has 2 fully saturated rings. The molecule has 1 N–H and O–H groups in total. The van der Waals surface area contributed by atoms with Gasteiger partial charge in [0.05, 0.1) is 6.61 Å². The molecule has 0 radical (unpaired) electrons. The molecule has 16 heavy (non-hydrogen) atoms. The third-order valence-corrected chi connectivity index (χ3v) is 3.85. The highest BCUT2D eigenvalue weighted by Crippen LogP contribution is 2.24. The predicted octanol–water partition coefficient (Wildman–Crippen LogP) is 1.63. The normalized spacial score (nSPS) is 31.3. The number of hydrogen-bond acceptors (Lipinski definition) is 3. The molecule has 0 aromatic carbocycles. The lowest BCUT2D eigenvalue weighted by Gasteiger charge is -2.29. The summed E-state index contributed by atoms with van der Waals surface area (Å²) >= 11 is 0. The van der Waals surface area contributed by atoms with Crippen molar-refractivity contribution in [1.82, 2.24) is 10.2 Å². The van der Waals surface area contributed by atoms with Crippen molar-refractivity contribution in [3.63, 3.8) is 0 Å². The predicted molar refractivity (Wildman–Crippen MR) is 66.7 cm³/mol. The van der Waals surface area contributed by atoms with E-state index >= 15 is 0 Å². The first-order chi connectivity index (χ1) is 7.92. The molecule has 94 valence electrons. The maximum Gasteiger partial charge on any atom is 0.0593 e. The first-order valence-corrected chi connectivity index (χ1v) is 6.97. The number of nitrogens with zero attached hydrogens (tertiary/aromatic N) is 1. The summed E-state index contributed by atoms with van der Waals surface area (Å²) in [5.41, 5.74) is 0. The van der Waals surface area contributed by atoms with Crippen LogP contribution >= 0.6 is 0 Å². The van der Waals surface area contributed by atoms with Gasteiger partial charge in [0.15, 0.2) is 0 Å². The molecule has 2 atom stereocenters. The molecule has 0 aromatic rings. The summed E-state index contributed by atoms with van der Waals surface area (Å²) in [4.78, 5) is 2.64. The Hall–Kier alpha value is -0.120.